The van der Waals surface area contributed by atoms with Crippen LogP contribution >= 0.6 is 15.9 Å². The molecule has 2 rings (SSSR count). The molecule has 2 unspecified atom stereocenters. The van der Waals surface area contributed by atoms with Crippen molar-refractivity contribution in [3.63, 3.8) is 0 Å². The number of hydrogen-bond acceptors (Lipinski definition) is 3. The Kier molecular flexibility index (Phi) is 5.03. The molecule has 1 aromatic rings. The maximum Gasteiger partial charge on any atom is 0.124 e. The molecule has 3 nitrogen and oxygen atoms in total. The van der Waals surface area contributed by atoms with Crippen molar-refractivity contribution in [2.45, 2.75) is 37.8 Å². The van der Waals surface area contributed by atoms with E-state index in [2.05, 4.69) is 21.2 Å². The normalized spacial score (nSPS) is 22.3. The van der Waals surface area contributed by atoms with Crippen molar-refractivity contribution in [1.82, 2.24) is 5.32 Å². The van der Waals surface area contributed by atoms with Crippen molar-refractivity contribution < 1.29 is 9.84 Å². The molecular weight excluding hydrogens is 294 g/mol. The van der Waals surface area contributed by atoms with E-state index in [4.69, 9.17) is 4.74 Å². The second kappa shape index (κ2) is 6.55. The van der Waals surface area contributed by atoms with Crippen molar-refractivity contribution in [2.75, 3.05) is 13.7 Å². The Morgan fingerprint density at radius 3 is 3.00 bits per heavy atom. The molecule has 0 aromatic heterocycles. The predicted molar refractivity (Wildman–Crippen MR) is 75.9 cm³/mol. The quantitative estimate of drug-likeness (QED) is 0.901. The highest BCUT2D eigenvalue weighted by Gasteiger charge is 2.24. The zero-order valence-corrected chi connectivity index (χ0v) is 12.2. The summed E-state index contributed by atoms with van der Waals surface area (Å²) in [6.07, 6.45) is 4.10. The number of halogens is 1. The van der Waals surface area contributed by atoms with E-state index >= 15 is 0 Å². The van der Waals surface area contributed by atoms with Crippen LogP contribution in [0.1, 0.15) is 37.4 Å². The number of rotatable bonds is 3. The van der Waals surface area contributed by atoms with Crippen molar-refractivity contribution in [3.05, 3.63) is 28.2 Å². The Labute approximate surface area is 117 Å². The van der Waals surface area contributed by atoms with Crippen LogP contribution in [0.25, 0.3) is 0 Å². The molecule has 0 radical (unpaired) electrons. The Balaban J connectivity index is 2.20. The maximum absolute atomic E-state index is 10.5. The van der Waals surface area contributed by atoms with Gasteiger partial charge in [-0.3, -0.25) is 0 Å². The molecule has 2 atom stereocenters. The first-order valence-electron chi connectivity index (χ1n) is 6.47. The van der Waals surface area contributed by atoms with Crippen molar-refractivity contribution in [2.24, 2.45) is 0 Å². The second-order valence-electron chi connectivity index (χ2n) is 4.74. The smallest absolute Gasteiger partial charge is 0.124 e. The maximum atomic E-state index is 10.5. The molecule has 1 aliphatic rings. The Hall–Kier alpha value is -0.580. The van der Waals surface area contributed by atoms with Crippen LogP contribution in [0.5, 0.6) is 5.75 Å². The van der Waals surface area contributed by atoms with Gasteiger partial charge in [-0.15, -0.1) is 0 Å². The van der Waals surface area contributed by atoms with Gasteiger partial charge in [0.2, 0.25) is 0 Å². The molecule has 2 N–H and O–H groups in total. The lowest BCUT2D eigenvalue weighted by Crippen LogP contribution is -2.34. The summed E-state index contributed by atoms with van der Waals surface area (Å²) < 4.78 is 6.30. The molecule has 100 valence electrons. The van der Waals surface area contributed by atoms with E-state index in [0.29, 0.717) is 0 Å². The summed E-state index contributed by atoms with van der Waals surface area (Å²) in [4.78, 5) is 0. The molecule has 18 heavy (non-hydrogen) atoms. The molecule has 1 aliphatic heterocycles. The monoisotopic (exact) mass is 313 g/mol. The number of benzene rings is 1. The molecular formula is C14H20BrNO2. The van der Waals surface area contributed by atoms with E-state index in [9.17, 15) is 5.11 Å². The minimum atomic E-state index is -0.518. The number of ether oxygens (including phenoxy) is 1. The molecule has 1 aromatic carbocycles. The van der Waals surface area contributed by atoms with Crippen molar-refractivity contribution >= 4 is 15.9 Å². The zero-order valence-electron chi connectivity index (χ0n) is 10.7. The Morgan fingerprint density at radius 2 is 2.22 bits per heavy atom. The Morgan fingerprint density at radius 1 is 1.39 bits per heavy atom. The average Bonchev–Trinajstić information content (AvgIpc) is 2.66. The number of hydrogen-bond donors (Lipinski definition) is 2. The highest BCUT2D eigenvalue weighted by Crippen LogP contribution is 2.32. The molecule has 0 amide bonds. The molecule has 1 heterocycles. The molecule has 0 saturated carbocycles. The standard InChI is InChI=1S/C14H20BrNO2/c1-18-13-7-6-10(15)9-11(13)14(17)12-5-3-2-4-8-16-12/h6-7,9,12,14,16-17H,2-5,8H2,1H3. The summed E-state index contributed by atoms with van der Waals surface area (Å²) >= 11 is 3.45. The highest BCUT2D eigenvalue weighted by atomic mass is 79.9. The van der Waals surface area contributed by atoms with E-state index in [-0.39, 0.29) is 6.04 Å². The number of aliphatic hydroxyl groups is 1. The first-order valence-corrected chi connectivity index (χ1v) is 7.26. The summed E-state index contributed by atoms with van der Waals surface area (Å²) in [6.45, 7) is 0.984. The van der Waals surface area contributed by atoms with Gasteiger partial charge in [0.25, 0.3) is 0 Å². The first-order chi connectivity index (χ1) is 8.72. The second-order valence-corrected chi connectivity index (χ2v) is 5.66. The van der Waals surface area contributed by atoms with Crippen LogP contribution in [0.3, 0.4) is 0 Å². The van der Waals surface area contributed by atoms with Gasteiger partial charge in [0.15, 0.2) is 0 Å². The Bertz CT molecular complexity index is 389. The fourth-order valence-electron chi connectivity index (χ4n) is 2.48. The summed E-state index contributed by atoms with van der Waals surface area (Å²) in [5.41, 5.74) is 0.853. The van der Waals surface area contributed by atoms with E-state index in [0.717, 1.165) is 28.8 Å². The zero-order chi connectivity index (χ0) is 13.0. The van der Waals surface area contributed by atoms with Gasteiger partial charge in [0.1, 0.15) is 5.75 Å². The summed E-state index contributed by atoms with van der Waals surface area (Å²) in [7, 11) is 1.64. The first kappa shape index (κ1) is 13.8. The summed E-state index contributed by atoms with van der Waals surface area (Å²) in [5.74, 6) is 0.747. The van der Waals surface area contributed by atoms with Crippen LogP contribution in [-0.2, 0) is 0 Å². The van der Waals surface area contributed by atoms with Gasteiger partial charge in [-0.1, -0.05) is 28.8 Å². The van der Waals surface area contributed by atoms with Gasteiger partial charge < -0.3 is 15.2 Å². The average molecular weight is 314 g/mol. The minimum Gasteiger partial charge on any atom is -0.496 e. The van der Waals surface area contributed by atoms with Crippen LogP contribution in [0.2, 0.25) is 0 Å². The third-order valence-electron chi connectivity index (χ3n) is 3.49. The van der Waals surface area contributed by atoms with Gasteiger partial charge in [-0.2, -0.15) is 0 Å². The van der Waals surface area contributed by atoms with Crippen LogP contribution in [0, 0.1) is 0 Å². The van der Waals surface area contributed by atoms with Crippen LogP contribution in [0.15, 0.2) is 22.7 Å². The van der Waals surface area contributed by atoms with Crippen molar-refractivity contribution in [3.8, 4) is 5.75 Å². The molecule has 0 bridgehead atoms. The number of aliphatic hydroxyl groups excluding tert-OH is 1. The van der Waals surface area contributed by atoms with Crippen molar-refractivity contribution in [1.29, 1.82) is 0 Å². The molecule has 1 fully saturated rings. The third kappa shape index (κ3) is 3.25. The number of nitrogens with one attached hydrogen (secondary N) is 1. The summed E-state index contributed by atoms with van der Waals surface area (Å²) in [6, 6.07) is 5.88. The molecule has 0 aliphatic carbocycles. The fraction of sp³-hybridized carbons (Fsp3) is 0.571. The van der Waals surface area contributed by atoms with E-state index in [1.165, 1.54) is 19.3 Å². The topological polar surface area (TPSA) is 41.5 Å². The van der Waals surface area contributed by atoms with Gasteiger partial charge in [-0.25, -0.2) is 0 Å². The fourth-order valence-corrected chi connectivity index (χ4v) is 2.86. The SMILES string of the molecule is COc1ccc(Br)cc1C(O)C1CCCCCN1. The highest BCUT2D eigenvalue weighted by molar-refractivity contribution is 9.10. The minimum absolute atomic E-state index is 0.121. The van der Waals surface area contributed by atoms with Gasteiger partial charge in [-0.05, 0) is 37.6 Å². The van der Waals surface area contributed by atoms with E-state index in [1.54, 1.807) is 7.11 Å². The van der Waals surface area contributed by atoms with Gasteiger partial charge in [0, 0.05) is 16.1 Å². The van der Waals surface area contributed by atoms with Gasteiger partial charge in [0.05, 0.1) is 13.2 Å². The molecule has 4 heteroatoms. The van der Waals surface area contributed by atoms with Crippen LogP contribution < -0.4 is 10.1 Å². The van der Waals surface area contributed by atoms with Crippen LogP contribution in [0.4, 0.5) is 0 Å². The van der Waals surface area contributed by atoms with E-state index < -0.39 is 6.10 Å². The summed E-state index contributed by atoms with van der Waals surface area (Å²) in [5, 5.41) is 14.0. The molecule has 1 saturated heterocycles. The van der Waals surface area contributed by atoms with Gasteiger partial charge >= 0.3 is 0 Å². The van der Waals surface area contributed by atoms with E-state index in [1.807, 2.05) is 18.2 Å². The third-order valence-corrected chi connectivity index (χ3v) is 3.98. The lowest BCUT2D eigenvalue weighted by Gasteiger charge is -2.24. The predicted octanol–water partition coefficient (Wildman–Crippen LogP) is 3.02. The lowest BCUT2D eigenvalue weighted by molar-refractivity contribution is 0.123. The van der Waals surface area contributed by atoms with Crippen LogP contribution in [-0.4, -0.2) is 24.8 Å². The largest absolute Gasteiger partial charge is 0.496 e. The number of methoxy groups -OCH3 is 1. The molecule has 0 spiro atoms. The lowest BCUT2D eigenvalue weighted by atomic mass is 9.98.